The number of benzene rings is 1. The van der Waals surface area contributed by atoms with E-state index in [0.29, 0.717) is 17.9 Å². The Labute approximate surface area is 159 Å². The van der Waals surface area contributed by atoms with Crippen molar-refractivity contribution in [2.75, 3.05) is 5.75 Å². The van der Waals surface area contributed by atoms with E-state index < -0.39 is 18.3 Å². The second-order valence-corrected chi connectivity index (χ2v) is 8.84. The van der Waals surface area contributed by atoms with Crippen LogP contribution in [0.15, 0.2) is 23.7 Å². The van der Waals surface area contributed by atoms with E-state index in [1.54, 1.807) is 6.92 Å². The Balaban J connectivity index is 1.92. The molecule has 1 saturated heterocycles. The highest BCUT2D eigenvalue weighted by Crippen LogP contribution is 2.39. The smallest absolute Gasteiger partial charge is 0.400 e. The van der Waals surface area contributed by atoms with Gasteiger partial charge in [-0.05, 0) is 50.4 Å². The molecular formula is C19H24BNO4S. The van der Waals surface area contributed by atoms with Crippen molar-refractivity contribution >= 4 is 36.0 Å². The van der Waals surface area contributed by atoms with Gasteiger partial charge in [0, 0.05) is 24.8 Å². The average molecular weight is 373 g/mol. The minimum atomic E-state index is -0.520. The molecule has 1 fully saturated rings. The predicted octanol–water partition coefficient (Wildman–Crippen LogP) is 3.22. The van der Waals surface area contributed by atoms with Crippen molar-refractivity contribution in [2.45, 2.75) is 52.4 Å². The van der Waals surface area contributed by atoms with Gasteiger partial charge in [-0.15, -0.1) is 0 Å². The lowest BCUT2D eigenvalue weighted by Gasteiger charge is -2.32. The summed E-state index contributed by atoms with van der Waals surface area (Å²) in [4.78, 5) is 23.4. The van der Waals surface area contributed by atoms with E-state index in [9.17, 15) is 9.59 Å². The van der Waals surface area contributed by atoms with Crippen molar-refractivity contribution in [2.24, 2.45) is 0 Å². The van der Waals surface area contributed by atoms with Crippen molar-refractivity contribution in [3.8, 4) is 0 Å². The third kappa shape index (κ3) is 3.75. The van der Waals surface area contributed by atoms with Crippen molar-refractivity contribution in [3.63, 3.8) is 0 Å². The molecule has 2 aliphatic rings. The average Bonchev–Trinajstić information content (AvgIpc) is 3.00. The fourth-order valence-electron chi connectivity index (χ4n) is 2.89. The van der Waals surface area contributed by atoms with Gasteiger partial charge in [0.15, 0.2) is 5.12 Å². The summed E-state index contributed by atoms with van der Waals surface area (Å²) in [6.45, 7) is 10.1. The van der Waals surface area contributed by atoms with Crippen LogP contribution in [0.5, 0.6) is 0 Å². The minimum absolute atomic E-state index is 0.0424. The van der Waals surface area contributed by atoms with Crippen molar-refractivity contribution in [1.29, 1.82) is 0 Å². The van der Waals surface area contributed by atoms with Gasteiger partial charge >= 0.3 is 7.12 Å². The Morgan fingerprint density at radius 1 is 1.27 bits per heavy atom. The Hall–Kier alpha value is -1.57. The van der Waals surface area contributed by atoms with Crippen LogP contribution in [-0.2, 0) is 20.6 Å². The molecule has 0 atom stereocenters. The lowest BCUT2D eigenvalue weighted by atomic mass is 9.78. The lowest BCUT2D eigenvalue weighted by molar-refractivity contribution is -0.109. The number of rotatable bonds is 4. The molecule has 0 aromatic heterocycles. The Bertz CT molecular complexity index is 772. The first-order chi connectivity index (χ1) is 12.1. The standard InChI is InChI=1S/C19H24BNO4S/c1-12(22)26-11-15(20-24-18(2,3)19(4,5)25-20)8-13-6-7-14-10-21-17(23)16(14)9-13/h6-9H,10-11H2,1-5H3,(H,21,23). The van der Waals surface area contributed by atoms with Gasteiger partial charge in [-0.1, -0.05) is 30.0 Å². The Morgan fingerprint density at radius 2 is 1.92 bits per heavy atom. The van der Waals surface area contributed by atoms with Crippen LogP contribution in [0.1, 0.15) is 56.1 Å². The van der Waals surface area contributed by atoms with E-state index in [1.807, 2.05) is 52.0 Å². The van der Waals surface area contributed by atoms with Crippen molar-refractivity contribution in [1.82, 2.24) is 5.32 Å². The monoisotopic (exact) mass is 373 g/mol. The maximum Gasteiger partial charge on any atom is 0.491 e. The van der Waals surface area contributed by atoms with Crippen molar-refractivity contribution < 1.29 is 18.9 Å². The molecule has 7 heteroatoms. The molecule has 1 amide bonds. The van der Waals surface area contributed by atoms with Crippen LogP contribution in [0, 0.1) is 0 Å². The van der Waals surface area contributed by atoms with Gasteiger partial charge in [0.25, 0.3) is 5.91 Å². The molecule has 2 heterocycles. The number of hydrogen-bond donors (Lipinski definition) is 1. The molecule has 1 N–H and O–H groups in total. The second kappa shape index (κ2) is 6.87. The zero-order chi connectivity index (χ0) is 19.1. The highest BCUT2D eigenvalue weighted by atomic mass is 32.2. The van der Waals surface area contributed by atoms with Crippen molar-refractivity contribution in [3.05, 3.63) is 40.4 Å². The molecule has 5 nitrogen and oxygen atoms in total. The second-order valence-electron chi connectivity index (χ2n) is 7.69. The van der Waals surface area contributed by atoms with Gasteiger partial charge in [-0.2, -0.15) is 0 Å². The van der Waals surface area contributed by atoms with E-state index in [0.717, 1.165) is 16.6 Å². The summed E-state index contributed by atoms with van der Waals surface area (Å²) in [5.41, 5.74) is 2.58. The zero-order valence-electron chi connectivity index (χ0n) is 15.8. The summed E-state index contributed by atoms with van der Waals surface area (Å²) in [5, 5.41) is 2.87. The molecule has 0 unspecified atom stereocenters. The topological polar surface area (TPSA) is 64.6 Å². The maximum absolute atomic E-state index is 11.9. The first-order valence-corrected chi connectivity index (χ1v) is 9.68. The van der Waals surface area contributed by atoms with Gasteiger partial charge < -0.3 is 14.6 Å². The highest BCUT2D eigenvalue weighted by molar-refractivity contribution is 8.13. The van der Waals surface area contributed by atoms with Crippen LogP contribution >= 0.6 is 11.8 Å². The Kier molecular flexibility index (Phi) is 5.07. The number of thioether (sulfide) groups is 1. The maximum atomic E-state index is 11.9. The summed E-state index contributed by atoms with van der Waals surface area (Å²) in [6.07, 6.45) is 1.96. The summed E-state index contributed by atoms with van der Waals surface area (Å²) >= 11 is 1.23. The third-order valence-electron chi connectivity index (χ3n) is 5.17. The molecule has 1 aromatic carbocycles. The van der Waals surface area contributed by atoms with Crippen LogP contribution in [0.25, 0.3) is 6.08 Å². The molecule has 2 aliphatic heterocycles. The molecule has 0 aliphatic carbocycles. The number of nitrogens with one attached hydrogen (secondary N) is 1. The SMILES string of the molecule is CC(=O)SCC(=Cc1ccc2c(c1)C(=O)NC2)B1OC(C)(C)C(C)(C)O1. The first kappa shape index (κ1) is 19.2. The van der Waals surface area contributed by atoms with Gasteiger partial charge in [0.2, 0.25) is 0 Å². The van der Waals surface area contributed by atoms with Crippen LogP contribution < -0.4 is 5.32 Å². The molecule has 138 valence electrons. The quantitative estimate of drug-likeness (QED) is 0.821. The molecule has 0 radical (unpaired) electrons. The minimum Gasteiger partial charge on any atom is -0.400 e. The number of carbonyl (C=O) groups is 2. The van der Waals surface area contributed by atoms with Gasteiger partial charge in [0.05, 0.1) is 11.2 Å². The third-order valence-corrected chi connectivity index (χ3v) is 6.05. The van der Waals surface area contributed by atoms with Crippen LogP contribution in [-0.4, -0.2) is 35.1 Å². The predicted molar refractivity (Wildman–Crippen MR) is 105 cm³/mol. The molecule has 26 heavy (non-hydrogen) atoms. The van der Waals surface area contributed by atoms with E-state index >= 15 is 0 Å². The van der Waals surface area contributed by atoms with Gasteiger partial charge in [0.1, 0.15) is 0 Å². The van der Waals surface area contributed by atoms with Gasteiger partial charge in [-0.25, -0.2) is 0 Å². The Morgan fingerprint density at radius 3 is 2.54 bits per heavy atom. The fraction of sp³-hybridized carbons (Fsp3) is 0.474. The normalized spacial score (nSPS) is 20.9. The number of hydrogen-bond acceptors (Lipinski definition) is 5. The molecule has 3 rings (SSSR count). The molecule has 0 bridgehead atoms. The number of carbonyl (C=O) groups excluding carboxylic acids is 2. The number of amides is 1. The van der Waals surface area contributed by atoms with E-state index in [2.05, 4.69) is 5.32 Å². The van der Waals surface area contributed by atoms with E-state index in [-0.39, 0.29) is 11.0 Å². The van der Waals surface area contributed by atoms with E-state index in [4.69, 9.17) is 9.31 Å². The van der Waals surface area contributed by atoms with Gasteiger partial charge in [-0.3, -0.25) is 9.59 Å². The molecule has 0 saturated carbocycles. The van der Waals surface area contributed by atoms with Crippen LogP contribution in [0.2, 0.25) is 0 Å². The molecular weight excluding hydrogens is 349 g/mol. The summed E-state index contributed by atoms with van der Waals surface area (Å²) in [5.74, 6) is 0.431. The van der Waals surface area contributed by atoms with Crippen LogP contribution in [0.3, 0.4) is 0 Å². The lowest BCUT2D eigenvalue weighted by Crippen LogP contribution is -2.41. The summed E-state index contributed by atoms with van der Waals surface area (Å²) in [6, 6.07) is 5.81. The first-order valence-electron chi connectivity index (χ1n) is 8.70. The number of fused-ring (bicyclic) bond motifs is 1. The fourth-order valence-corrected chi connectivity index (χ4v) is 3.48. The summed E-state index contributed by atoms with van der Waals surface area (Å²) < 4.78 is 12.3. The summed E-state index contributed by atoms with van der Waals surface area (Å²) in [7, 11) is -0.520. The van der Waals surface area contributed by atoms with E-state index in [1.165, 1.54) is 11.8 Å². The largest absolute Gasteiger partial charge is 0.491 e. The zero-order valence-corrected chi connectivity index (χ0v) is 16.7. The highest BCUT2D eigenvalue weighted by Gasteiger charge is 2.52. The van der Waals surface area contributed by atoms with Crippen LogP contribution in [0.4, 0.5) is 0 Å². The molecule has 1 aromatic rings. The molecule has 0 spiro atoms.